The van der Waals surface area contributed by atoms with Crippen molar-refractivity contribution in [2.24, 2.45) is 10.8 Å². The number of hydrogen-bond donors (Lipinski definition) is 0. The Morgan fingerprint density at radius 3 is 2.42 bits per heavy atom. The highest BCUT2D eigenvalue weighted by atomic mass is 32.1. The van der Waals surface area contributed by atoms with Crippen molar-refractivity contribution in [3.8, 4) is 0 Å². The number of hydrogen-bond acceptors (Lipinski definition) is 1. The molecule has 0 N–H and O–H groups in total. The minimum atomic E-state index is 0.104. The smallest absolute Gasteiger partial charge is 0.0355 e. The van der Waals surface area contributed by atoms with E-state index in [1.807, 2.05) is 11.3 Å². The lowest BCUT2D eigenvalue weighted by atomic mass is 9.68. The van der Waals surface area contributed by atoms with E-state index in [1.54, 1.807) is 0 Å². The first-order chi connectivity index (χ1) is 8.91. The standard InChI is InChI=1S/C18H20S/c1-17(2,3)18(4)11-9-14-13-7-5-6-8-15(13)19-16(14)10-12-18/h5-12H,1-4H3. The molecule has 0 radical (unpaired) electrons. The van der Waals surface area contributed by atoms with Crippen LogP contribution >= 0.6 is 11.3 Å². The first kappa shape index (κ1) is 12.7. The second-order valence-electron chi connectivity index (χ2n) is 6.58. The first-order valence-corrected chi connectivity index (χ1v) is 7.62. The molecule has 1 aliphatic rings. The molecule has 0 fully saturated rings. The summed E-state index contributed by atoms with van der Waals surface area (Å²) in [6.07, 6.45) is 9.36. The number of fused-ring (bicyclic) bond motifs is 3. The third-order valence-electron chi connectivity index (χ3n) is 4.46. The lowest BCUT2D eigenvalue weighted by Crippen LogP contribution is -2.28. The average Bonchev–Trinajstić information content (AvgIpc) is 2.61. The van der Waals surface area contributed by atoms with Gasteiger partial charge >= 0.3 is 0 Å². The maximum atomic E-state index is 2.37. The van der Waals surface area contributed by atoms with Crippen LogP contribution in [0.25, 0.3) is 22.2 Å². The van der Waals surface area contributed by atoms with E-state index in [2.05, 4.69) is 76.3 Å². The highest BCUT2D eigenvalue weighted by Gasteiger charge is 2.33. The second kappa shape index (κ2) is 4.08. The molecular weight excluding hydrogens is 248 g/mol. The summed E-state index contributed by atoms with van der Waals surface area (Å²) < 4.78 is 1.38. The number of benzene rings is 1. The molecule has 0 bridgehead atoms. The zero-order chi connectivity index (χ0) is 13.7. The van der Waals surface area contributed by atoms with Crippen LogP contribution in [0.4, 0.5) is 0 Å². The van der Waals surface area contributed by atoms with E-state index in [0.29, 0.717) is 0 Å². The van der Waals surface area contributed by atoms with Crippen LogP contribution in [-0.4, -0.2) is 0 Å². The van der Waals surface area contributed by atoms with Crippen molar-refractivity contribution in [2.75, 3.05) is 0 Å². The fourth-order valence-corrected chi connectivity index (χ4v) is 3.54. The topological polar surface area (TPSA) is 0 Å². The van der Waals surface area contributed by atoms with Crippen LogP contribution in [0.2, 0.25) is 0 Å². The Balaban J connectivity index is 2.18. The summed E-state index contributed by atoms with van der Waals surface area (Å²) in [6, 6.07) is 8.67. The van der Waals surface area contributed by atoms with Crippen molar-refractivity contribution in [1.82, 2.24) is 0 Å². The third kappa shape index (κ3) is 1.97. The Hall–Kier alpha value is -1.34. The molecule has 1 atom stereocenters. The summed E-state index contributed by atoms with van der Waals surface area (Å²) in [5.74, 6) is 0. The van der Waals surface area contributed by atoms with Crippen LogP contribution in [0.15, 0.2) is 36.4 Å². The van der Waals surface area contributed by atoms with Gasteiger partial charge in [0.2, 0.25) is 0 Å². The third-order valence-corrected chi connectivity index (χ3v) is 5.61. The van der Waals surface area contributed by atoms with E-state index in [1.165, 1.54) is 20.5 Å². The van der Waals surface area contributed by atoms with Crippen LogP contribution in [0.5, 0.6) is 0 Å². The molecule has 1 aromatic carbocycles. The quantitative estimate of drug-likeness (QED) is 0.550. The first-order valence-electron chi connectivity index (χ1n) is 6.81. The van der Waals surface area contributed by atoms with Gasteiger partial charge in [-0.05, 0) is 17.6 Å². The molecule has 1 aromatic heterocycles. The maximum absolute atomic E-state index is 2.37. The number of thiophene rings is 1. The van der Waals surface area contributed by atoms with Gasteiger partial charge in [0, 0.05) is 25.9 Å². The van der Waals surface area contributed by atoms with Crippen LogP contribution < -0.4 is 0 Å². The maximum Gasteiger partial charge on any atom is 0.0355 e. The van der Waals surface area contributed by atoms with Gasteiger partial charge in [0.1, 0.15) is 0 Å². The van der Waals surface area contributed by atoms with Crippen molar-refractivity contribution in [2.45, 2.75) is 27.7 Å². The number of allylic oxidation sites excluding steroid dienone is 2. The van der Waals surface area contributed by atoms with E-state index >= 15 is 0 Å². The summed E-state index contributed by atoms with van der Waals surface area (Å²) in [5, 5.41) is 1.38. The molecule has 19 heavy (non-hydrogen) atoms. The van der Waals surface area contributed by atoms with Gasteiger partial charge in [0.05, 0.1) is 0 Å². The van der Waals surface area contributed by atoms with Crippen molar-refractivity contribution >= 4 is 33.6 Å². The summed E-state index contributed by atoms with van der Waals surface area (Å²) in [7, 11) is 0. The van der Waals surface area contributed by atoms with E-state index in [9.17, 15) is 0 Å². The molecule has 0 amide bonds. The van der Waals surface area contributed by atoms with Crippen LogP contribution in [0.3, 0.4) is 0 Å². The largest absolute Gasteiger partial charge is 0.135 e. The average molecular weight is 268 g/mol. The van der Waals surface area contributed by atoms with Crippen molar-refractivity contribution in [3.05, 3.63) is 46.9 Å². The fourth-order valence-electron chi connectivity index (χ4n) is 2.44. The molecule has 1 heterocycles. The molecule has 98 valence electrons. The van der Waals surface area contributed by atoms with Gasteiger partial charge in [0.15, 0.2) is 0 Å². The molecular formula is C18H20S. The highest BCUT2D eigenvalue weighted by Crippen LogP contribution is 2.45. The van der Waals surface area contributed by atoms with Crippen LogP contribution in [-0.2, 0) is 0 Å². The molecule has 1 unspecified atom stereocenters. The second-order valence-corrected chi connectivity index (χ2v) is 7.66. The summed E-state index contributed by atoms with van der Waals surface area (Å²) >= 11 is 1.89. The highest BCUT2D eigenvalue weighted by molar-refractivity contribution is 7.20. The van der Waals surface area contributed by atoms with Gasteiger partial charge in [-0.25, -0.2) is 0 Å². The van der Waals surface area contributed by atoms with Gasteiger partial charge in [0.25, 0.3) is 0 Å². The lowest BCUT2D eigenvalue weighted by molar-refractivity contribution is 0.230. The van der Waals surface area contributed by atoms with Gasteiger partial charge in [-0.3, -0.25) is 0 Å². The summed E-state index contributed by atoms with van der Waals surface area (Å²) in [5.41, 5.74) is 1.71. The van der Waals surface area contributed by atoms with Crippen molar-refractivity contribution < 1.29 is 0 Å². The van der Waals surface area contributed by atoms with Crippen molar-refractivity contribution in [3.63, 3.8) is 0 Å². The van der Waals surface area contributed by atoms with E-state index in [0.717, 1.165) is 0 Å². The Morgan fingerprint density at radius 2 is 1.68 bits per heavy atom. The minimum Gasteiger partial charge on any atom is -0.135 e. The van der Waals surface area contributed by atoms with Crippen molar-refractivity contribution in [1.29, 1.82) is 0 Å². The molecule has 0 aliphatic heterocycles. The predicted molar refractivity (Wildman–Crippen MR) is 87.5 cm³/mol. The molecule has 2 aromatic rings. The van der Waals surface area contributed by atoms with E-state index in [-0.39, 0.29) is 10.8 Å². The summed E-state index contributed by atoms with van der Waals surface area (Å²) in [4.78, 5) is 1.38. The minimum absolute atomic E-state index is 0.104. The Bertz CT molecular complexity index is 679. The molecule has 1 heteroatoms. The molecule has 0 saturated heterocycles. The zero-order valence-corrected chi connectivity index (χ0v) is 12.8. The Labute approximate surface area is 119 Å². The molecule has 0 spiro atoms. The molecule has 3 rings (SSSR count). The Kier molecular flexibility index (Phi) is 2.72. The number of rotatable bonds is 0. The SMILES string of the molecule is CC(C)(C)C1(C)C=Cc2sc3ccccc3c2C=C1. The van der Waals surface area contributed by atoms with Gasteiger partial charge in [-0.2, -0.15) is 0 Å². The fraction of sp³-hybridized carbons (Fsp3) is 0.333. The summed E-state index contributed by atoms with van der Waals surface area (Å²) in [6.45, 7) is 9.23. The van der Waals surface area contributed by atoms with Crippen LogP contribution in [0, 0.1) is 10.8 Å². The van der Waals surface area contributed by atoms with Crippen LogP contribution in [0.1, 0.15) is 38.1 Å². The van der Waals surface area contributed by atoms with E-state index in [4.69, 9.17) is 0 Å². The predicted octanol–water partition coefficient (Wildman–Crippen LogP) is 5.99. The lowest BCUT2D eigenvalue weighted by Gasteiger charge is -2.37. The molecule has 0 saturated carbocycles. The normalized spacial score (nSPS) is 22.5. The van der Waals surface area contributed by atoms with Gasteiger partial charge < -0.3 is 0 Å². The Morgan fingerprint density at radius 1 is 1.00 bits per heavy atom. The zero-order valence-electron chi connectivity index (χ0n) is 12.0. The van der Waals surface area contributed by atoms with Gasteiger partial charge in [-0.1, -0.05) is 64.1 Å². The van der Waals surface area contributed by atoms with Gasteiger partial charge in [-0.15, -0.1) is 11.3 Å². The monoisotopic (exact) mass is 268 g/mol. The van der Waals surface area contributed by atoms with E-state index < -0.39 is 0 Å². The molecule has 0 nitrogen and oxygen atoms in total. The molecule has 1 aliphatic carbocycles.